The largest absolute Gasteiger partial charge is 0.458 e. The zero-order chi connectivity index (χ0) is 13.0. The lowest BCUT2D eigenvalue weighted by atomic mass is 9.78. The first-order valence-corrected chi connectivity index (χ1v) is 6.63. The molecule has 6 atom stereocenters. The minimum absolute atomic E-state index is 0.0210. The summed E-state index contributed by atoms with van der Waals surface area (Å²) in [6, 6.07) is 0. The average molecular weight is 366 g/mol. The Hall–Kier alpha value is -0.860. The van der Waals surface area contributed by atoms with Crippen molar-refractivity contribution in [2.24, 2.45) is 23.7 Å². The fourth-order valence-corrected chi connectivity index (χ4v) is 4.01. The number of ether oxygens (including phenoxy) is 2. The molecule has 0 N–H and O–H groups in total. The van der Waals surface area contributed by atoms with E-state index in [1.807, 2.05) is 0 Å². The Balaban J connectivity index is 1.92. The van der Waals surface area contributed by atoms with Crippen LogP contribution < -0.4 is 0 Å². The Morgan fingerprint density at radius 2 is 2.11 bits per heavy atom. The van der Waals surface area contributed by atoms with Gasteiger partial charge in [-0.2, -0.15) is 0 Å². The Bertz CT molecular complexity index is 435. The molecule has 98 valence electrons. The van der Waals surface area contributed by atoms with Gasteiger partial charge in [-0.05, 0) is 6.42 Å². The van der Waals surface area contributed by atoms with Crippen molar-refractivity contribution in [3.63, 3.8) is 0 Å². The molecule has 0 aromatic heterocycles. The van der Waals surface area contributed by atoms with Gasteiger partial charge in [-0.1, -0.05) is 0 Å². The molecular weight excluding hydrogens is 355 g/mol. The van der Waals surface area contributed by atoms with Crippen molar-refractivity contribution in [3.8, 4) is 0 Å². The van der Waals surface area contributed by atoms with Crippen molar-refractivity contribution in [2.75, 3.05) is 0 Å². The predicted octanol–water partition coefficient (Wildman–Crippen LogP) is 0.619. The van der Waals surface area contributed by atoms with Gasteiger partial charge in [0.1, 0.15) is 12.2 Å². The zero-order valence-corrected chi connectivity index (χ0v) is 11.7. The molecular formula is C11H11IO6. The molecule has 18 heavy (non-hydrogen) atoms. The minimum atomic E-state index is -0.539. The number of carbonyl (C=O) groups is 3. The number of fused-ring (bicyclic) bond motifs is 1. The summed E-state index contributed by atoms with van der Waals surface area (Å²) >= 11 is 1.51. The van der Waals surface area contributed by atoms with E-state index in [2.05, 4.69) is 0 Å². The van der Waals surface area contributed by atoms with Gasteiger partial charge in [-0.15, -0.1) is 0 Å². The fraction of sp³-hybridized carbons (Fsp3) is 0.727. The van der Waals surface area contributed by atoms with Gasteiger partial charge >= 0.3 is 17.9 Å². The summed E-state index contributed by atoms with van der Waals surface area (Å²) in [5.74, 6) is -2.36. The van der Waals surface area contributed by atoms with Crippen LogP contribution in [0.1, 0.15) is 13.3 Å². The van der Waals surface area contributed by atoms with Crippen molar-refractivity contribution >= 4 is 40.9 Å². The van der Waals surface area contributed by atoms with Crippen LogP contribution in [0.25, 0.3) is 0 Å². The molecule has 0 aromatic rings. The molecule has 2 bridgehead atoms. The number of halogens is 1. The summed E-state index contributed by atoms with van der Waals surface area (Å²) in [6.45, 7) is 1.31. The van der Waals surface area contributed by atoms with E-state index in [1.165, 1.54) is 29.9 Å². The third kappa shape index (κ3) is 1.49. The molecule has 1 saturated heterocycles. The molecule has 6 unspecified atom stereocenters. The normalized spacial score (nSPS) is 43.8. The maximum absolute atomic E-state index is 11.8. The standard InChI is InChI=1S/C11H11IO6/c1-3(13)16-8-5-2-4-6(7(5)11(15)18-12)10(14)17-9(4)8/h4-9H,2H2,1H3. The first-order chi connectivity index (χ1) is 8.54. The lowest BCUT2D eigenvalue weighted by Gasteiger charge is -2.29. The minimum Gasteiger partial charge on any atom is -0.458 e. The summed E-state index contributed by atoms with van der Waals surface area (Å²) in [5, 5.41) is 0. The van der Waals surface area contributed by atoms with Gasteiger partial charge in [0, 0.05) is 18.8 Å². The van der Waals surface area contributed by atoms with E-state index in [4.69, 9.17) is 12.5 Å². The van der Waals surface area contributed by atoms with Crippen molar-refractivity contribution in [1.29, 1.82) is 0 Å². The van der Waals surface area contributed by atoms with E-state index < -0.39 is 29.9 Å². The van der Waals surface area contributed by atoms with Crippen LogP contribution in [0.15, 0.2) is 0 Å². The van der Waals surface area contributed by atoms with Gasteiger partial charge < -0.3 is 12.5 Å². The van der Waals surface area contributed by atoms with E-state index in [1.54, 1.807) is 0 Å². The lowest BCUT2D eigenvalue weighted by molar-refractivity contribution is -0.161. The van der Waals surface area contributed by atoms with Crippen LogP contribution in [-0.4, -0.2) is 30.1 Å². The van der Waals surface area contributed by atoms with E-state index in [9.17, 15) is 14.4 Å². The molecule has 0 aromatic carbocycles. The third-order valence-electron chi connectivity index (χ3n) is 4.20. The van der Waals surface area contributed by atoms with Gasteiger partial charge in [-0.25, -0.2) is 0 Å². The zero-order valence-electron chi connectivity index (χ0n) is 9.50. The first-order valence-electron chi connectivity index (χ1n) is 5.74. The van der Waals surface area contributed by atoms with Crippen LogP contribution >= 0.6 is 23.0 Å². The topological polar surface area (TPSA) is 78.9 Å². The van der Waals surface area contributed by atoms with Crippen molar-refractivity contribution in [3.05, 3.63) is 0 Å². The van der Waals surface area contributed by atoms with E-state index in [0.717, 1.165) is 0 Å². The maximum atomic E-state index is 11.8. The molecule has 7 heteroatoms. The Labute approximate surface area is 117 Å². The number of hydrogen-bond acceptors (Lipinski definition) is 6. The van der Waals surface area contributed by atoms with Crippen LogP contribution in [0, 0.1) is 23.7 Å². The molecule has 0 amide bonds. The number of esters is 2. The monoisotopic (exact) mass is 366 g/mol. The van der Waals surface area contributed by atoms with Crippen LogP contribution in [-0.2, 0) is 26.9 Å². The highest BCUT2D eigenvalue weighted by atomic mass is 127. The smallest absolute Gasteiger partial charge is 0.319 e. The summed E-state index contributed by atoms with van der Waals surface area (Å²) in [7, 11) is 0. The van der Waals surface area contributed by atoms with Crippen LogP contribution in [0.3, 0.4) is 0 Å². The summed E-state index contributed by atoms with van der Waals surface area (Å²) < 4.78 is 15.2. The van der Waals surface area contributed by atoms with Gasteiger partial charge in [0.05, 0.1) is 11.8 Å². The van der Waals surface area contributed by atoms with Gasteiger partial charge in [-0.3, -0.25) is 14.4 Å². The highest BCUT2D eigenvalue weighted by Gasteiger charge is 2.70. The molecule has 6 nitrogen and oxygen atoms in total. The van der Waals surface area contributed by atoms with Crippen LogP contribution in [0.2, 0.25) is 0 Å². The highest BCUT2D eigenvalue weighted by molar-refractivity contribution is 14.1. The molecule has 3 fully saturated rings. The van der Waals surface area contributed by atoms with Crippen LogP contribution in [0.5, 0.6) is 0 Å². The number of rotatable bonds is 2. The predicted molar refractivity (Wildman–Crippen MR) is 64.1 cm³/mol. The van der Waals surface area contributed by atoms with Crippen molar-refractivity contribution < 1.29 is 26.9 Å². The third-order valence-corrected chi connectivity index (χ3v) is 4.63. The van der Waals surface area contributed by atoms with Gasteiger partial charge in [0.15, 0.2) is 23.0 Å². The molecule has 3 aliphatic rings. The lowest BCUT2D eigenvalue weighted by Crippen LogP contribution is -2.43. The second-order valence-electron chi connectivity index (χ2n) is 4.99. The number of carbonyl (C=O) groups excluding carboxylic acids is 3. The SMILES string of the molecule is CC(=O)OC1C2CC3C1OC(=O)C3C2C(=O)OI. The van der Waals surface area contributed by atoms with E-state index >= 15 is 0 Å². The average Bonchev–Trinajstić information content (AvgIpc) is 2.90. The summed E-state index contributed by atoms with van der Waals surface area (Å²) in [4.78, 5) is 34.7. The first kappa shape index (κ1) is 12.2. The van der Waals surface area contributed by atoms with Gasteiger partial charge in [0.2, 0.25) is 0 Å². The quantitative estimate of drug-likeness (QED) is 0.527. The molecule has 0 spiro atoms. The molecule has 1 aliphatic heterocycles. The Kier molecular flexibility index (Phi) is 2.76. The molecule has 3 rings (SSSR count). The molecule has 2 aliphatic carbocycles. The fourth-order valence-electron chi connectivity index (χ4n) is 3.71. The highest BCUT2D eigenvalue weighted by Crippen LogP contribution is 2.59. The van der Waals surface area contributed by atoms with E-state index in [-0.39, 0.29) is 23.9 Å². The van der Waals surface area contributed by atoms with Crippen molar-refractivity contribution in [2.45, 2.75) is 25.6 Å². The molecule has 0 radical (unpaired) electrons. The summed E-state index contributed by atoms with van der Waals surface area (Å²) in [5.41, 5.74) is 0. The second kappa shape index (κ2) is 4.07. The Morgan fingerprint density at radius 3 is 2.72 bits per heavy atom. The number of hydrogen-bond donors (Lipinski definition) is 0. The second-order valence-corrected chi connectivity index (χ2v) is 5.43. The van der Waals surface area contributed by atoms with Gasteiger partial charge in [0.25, 0.3) is 0 Å². The maximum Gasteiger partial charge on any atom is 0.319 e. The molecule has 1 heterocycles. The van der Waals surface area contributed by atoms with E-state index in [0.29, 0.717) is 6.42 Å². The summed E-state index contributed by atoms with van der Waals surface area (Å²) in [6.07, 6.45) is -0.208. The Morgan fingerprint density at radius 1 is 1.39 bits per heavy atom. The van der Waals surface area contributed by atoms with Crippen LogP contribution in [0.4, 0.5) is 0 Å². The molecule has 2 saturated carbocycles. The van der Waals surface area contributed by atoms with Crippen molar-refractivity contribution in [1.82, 2.24) is 0 Å².